The first-order valence-corrected chi connectivity index (χ1v) is 4.72. The highest BCUT2D eigenvalue weighted by atomic mass is 79.9. The first-order valence-electron chi connectivity index (χ1n) is 3.93. The van der Waals surface area contributed by atoms with E-state index in [2.05, 4.69) is 25.9 Å². The Balaban J connectivity index is 2.98. The van der Waals surface area contributed by atoms with Crippen LogP contribution >= 0.6 is 15.9 Å². The van der Waals surface area contributed by atoms with Crippen LogP contribution in [-0.2, 0) is 0 Å². The van der Waals surface area contributed by atoms with Crippen LogP contribution in [0.3, 0.4) is 0 Å². The van der Waals surface area contributed by atoms with Crippen molar-refractivity contribution in [3.05, 3.63) is 38.5 Å². The second-order valence-corrected chi connectivity index (χ2v) is 3.86. The van der Waals surface area contributed by atoms with Crippen LogP contribution in [0.5, 0.6) is 0 Å². The monoisotopic (exact) mass is 256 g/mol. The number of halogens is 2. The first kappa shape index (κ1) is 9.33. The normalized spacial score (nSPS) is 10.8. The third-order valence-corrected chi connectivity index (χ3v) is 2.41. The van der Waals surface area contributed by atoms with E-state index in [1.165, 1.54) is 13.1 Å². The number of aromatic nitrogens is 2. The number of hydrogen-bond acceptors (Lipinski definition) is 2. The van der Waals surface area contributed by atoms with E-state index in [0.29, 0.717) is 9.99 Å². The van der Waals surface area contributed by atoms with Crippen LogP contribution in [-0.4, -0.2) is 9.97 Å². The molecule has 2 aromatic heterocycles. The summed E-state index contributed by atoms with van der Waals surface area (Å²) in [6, 6.07) is 1.62. The molecule has 2 aromatic rings. The average Bonchev–Trinajstić information content (AvgIpc) is 2.14. The van der Waals surface area contributed by atoms with Gasteiger partial charge in [0, 0.05) is 10.7 Å². The number of hydrogen-bond donors (Lipinski definition) is 1. The molecule has 5 heteroatoms. The van der Waals surface area contributed by atoms with Gasteiger partial charge in [0.2, 0.25) is 0 Å². The zero-order valence-corrected chi connectivity index (χ0v) is 8.85. The van der Waals surface area contributed by atoms with Crippen LogP contribution in [0, 0.1) is 12.7 Å². The van der Waals surface area contributed by atoms with Gasteiger partial charge in [-0.05, 0) is 28.9 Å². The van der Waals surface area contributed by atoms with Gasteiger partial charge in [0.15, 0.2) is 5.82 Å². The number of aromatic amines is 1. The number of H-pyrrole nitrogens is 1. The SMILES string of the molecule is Cc1c(F)c2ncc(Br)cc2[nH]c1=O. The average molecular weight is 257 g/mol. The molecule has 0 aliphatic heterocycles. The van der Waals surface area contributed by atoms with E-state index < -0.39 is 11.4 Å². The molecule has 0 radical (unpaired) electrons. The molecule has 0 amide bonds. The molecular formula is C9H6BrFN2O. The van der Waals surface area contributed by atoms with Gasteiger partial charge in [-0.1, -0.05) is 0 Å². The molecule has 0 aromatic carbocycles. The molecule has 0 saturated heterocycles. The Morgan fingerprint density at radius 2 is 2.29 bits per heavy atom. The van der Waals surface area contributed by atoms with Gasteiger partial charge in [0.1, 0.15) is 5.52 Å². The van der Waals surface area contributed by atoms with Crippen molar-refractivity contribution in [1.82, 2.24) is 9.97 Å². The van der Waals surface area contributed by atoms with E-state index >= 15 is 0 Å². The Morgan fingerprint density at radius 3 is 3.00 bits per heavy atom. The Kier molecular flexibility index (Phi) is 2.11. The van der Waals surface area contributed by atoms with Crippen LogP contribution in [0.1, 0.15) is 5.56 Å². The molecule has 3 nitrogen and oxygen atoms in total. The van der Waals surface area contributed by atoms with Crippen molar-refractivity contribution >= 4 is 27.0 Å². The summed E-state index contributed by atoms with van der Waals surface area (Å²) in [7, 11) is 0. The molecule has 0 unspecified atom stereocenters. The highest BCUT2D eigenvalue weighted by molar-refractivity contribution is 9.10. The van der Waals surface area contributed by atoms with Gasteiger partial charge < -0.3 is 4.98 Å². The predicted molar refractivity (Wildman–Crippen MR) is 54.8 cm³/mol. The molecule has 0 saturated carbocycles. The summed E-state index contributed by atoms with van der Waals surface area (Å²) in [5, 5.41) is 0. The van der Waals surface area contributed by atoms with Gasteiger partial charge in [-0.15, -0.1) is 0 Å². The largest absolute Gasteiger partial charge is 0.320 e. The van der Waals surface area contributed by atoms with E-state index in [1.807, 2.05) is 0 Å². The minimum Gasteiger partial charge on any atom is -0.320 e. The van der Waals surface area contributed by atoms with Crippen molar-refractivity contribution in [1.29, 1.82) is 0 Å². The summed E-state index contributed by atoms with van der Waals surface area (Å²) in [6.45, 7) is 1.43. The zero-order chi connectivity index (χ0) is 10.3. The van der Waals surface area contributed by atoms with Crippen LogP contribution in [0.15, 0.2) is 21.5 Å². The molecule has 0 fully saturated rings. The third kappa shape index (κ3) is 1.33. The molecule has 0 aliphatic rings. The fourth-order valence-corrected chi connectivity index (χ4v) is 1.53. The summed E-state index contributed by atoms with van der Waals surface area (Å²) >= 11 is 3.19. The van der Waals surface area contributed by atoms with Gasteiger partial charge in [0.25, 0.3) is 5.56 Å². The van der Waals surface area contributed by atoms with Crippen LogP contribution < -0.4 is 5.56 Å². The van der Waals surface area contributed by atoms with E-state index in [9.17, 15) is 9.18 Å². The molecular weight excluding hydrogens is 251 g/mol. The van der Waals surface area contributed by atoms with Crippen LogP contribution in [0.2, 0.25) is 0 Å². The predicted octanol–water partition coefficient (Wildman–Crippen LogP) is 2.13. The molecule has 0 spiro atoms. The molecule has 1 N–H and O–H groups in total. The molecule has 0 aliphatic carbocycles. The Labute approximate surface area is 87.1 Å². The Bertz CT molecular complexity index is 564. The lowest BCUT2D eigenvalue weighted by atomic mass is 10.2. The lowest BCUT2D eigenvalue weighted by molar-refractivity contribution is 0.623. The summed E-state index contributed by atoms with van der Waals surface area (Å²) in [4.78, 5) is 17.7. The quantitative estimate of drug-likeness (QED) is 0.785. The molecule has 2 heterocycles. The fourth-order valence-electron chi connectivity index (χ4n) is 1.20. The summed E-state index contributed by atoms with van der Waals surface area (Å²) in [5.74, 6) is -0.559. The number of nitrogens with one attached hydrogen (secondary N) is 1. The van der Waals surface area contributed by atoms with Crippen LogP contribution in [0.25, 0.3) is 11.0 Å². The van der Waals surface area contributed by atoms with E-state index in [-0.39, 0.29) is 11.1 Å². The van der Waals surface area contributed by atoms with Crippen molar-refractivity contribution in [2.24, 2.45) is 0 Å². The van der Waals surface area contributed by atoms with Gasteiger partial charge in [-0.3, -0.25) is 9.78 Å². The van der Waals surface area contributed by atoms with E-state index in [1.54, 1.807) is 6.07 Å². The minimum absolute atomic E-state index is 0.0623. The number of rotatable bonds is 0. The summed E-state index contributed by atoms with van der Waals surface area (Å²) in [6.07, 6.45) is 1.49. The zero-order valence-electron chi connectivity index (χ0n) is 7.27. The van der Waals surface area contributed by atoms with Crippen molar-refractivity contribution in [2.75, 3.05) is 0 Å². The maximum Gasteiger partial charge on any atom is 0.254 e. The minimum atomic E-state index is -0.559. The molecule has 72 valence electrons. The Morgan fingerprint density at radius 1 is 1.57 bits per heavy atom. The fraction of sp³-hybridized carbons (Fsp3) is 0.111. The number of nitrogens with zero attached hydrogens (tertiary/aromatic N) is 1. The second-order valence-electron chi connectivity index (χ2n) is 2.94. The van der Waals surface area contributed by atoms with Gasteiger partial charge in [0.05, 0.1) is 11.1 Å². The van der Waals surface area contributed by atoms with Crippen molar-refractivity contribution < 1.29 is 4.39 Å². The number of pyridine rings is 2. The van der Waals surface area contributed by atoms with Crippen molar-refractivity contribution in [2.45, 2.75) is 6.92 Å². The van der Waals surface area contributed by atoms with E-state index in [4.69, 9.17) is 0 Å². The maximum atomic E-state index is 13.5. The first-order chi connectivity index (χ1) is 6.59. The second kappa shape index (κ2) is 3.16. The van der Waals surface area contributed by atoms with Gasteiger partial charge >= 0.3 is 0 Å². The van der Waals surface area contributed by atoms with Gasteiger partial charge in [-0.2, -0.15) is 0 Å². The van der Waals surface area contributed by atoms with Gasteiger partial charge in [-0.25, -0.2) is 4.39 Å². The lowest BCUT2D eigenvalue weighted by Crippen LogP contribution is -2.12. The number of fused-ring (bicyclic) bond motifs is 1. The van der Waals surface area contributed by atoms with E-state index in [0.717, 1.165) is 0 Å². The topological polar surface area (TPSA) is 45.8 Å². The maximum absolute atomic E-state index is 13.5. The standard InChI is InChI=1S/C9H6BrFN2O/c1-4-7(11)8-6(13-9(4)14)2-5(10)3-12-8/h2-3H,1H3,(H,13,14). The molecule has 0 bridgehead atoms. The lowest BCUT2D eigenvalue weighted by Gasteiger charge is -2.01. The molecule has 14 heavy (non-hydrogen) atoms. The van der Waals surface area contributed by atoms with Crippen LogP contribution in [0.4, 0.5) is 4.39 Å². The summed E-state index contributed by atoms with van der Waals surface area (Å²) < 4.78 is 14.2. The molecule has 2 rings (SSSR count). The highest BCUT2D eigenvalue weighted by Crippen LogP contribution is 2.17. The third-order valence-electron chi connectivity index (χ3n) is 1.98. The summed E-state index contributed by atoms with van der Waals surface area (Å²) in [5.41, 5.74) is 0.222. The smallest absolute Gasteiger partial charge is 0.254 e. The Hall–Kier alpha value is -1.23. The highest BCUT2D eigenvalue weighted by Gasteiger charge is 2.09. The van der Waals surface area contributed by atoms with Crippen molar-refractivity contribution in [3.63, 3.8) is 0 Å². The molecule has 0 atom stereocenters. The van der Waals surface area contributed by atoms with Crippen molar-refractivity contribution in [3.8, 4) is 0 Å².